The van der Waals surface area contributed by atoms with Gasteiger partial charge in [-0.3, -0.25) is 4.79 Å². The molecule has 0 unspecified atom stereocenters. The van der Waals surface area contributed by atoms with E-state index in [1.165, 1.54) is 0 Å². The van der Waals surface area contributed by atoms with Crippen molar-refractivity contribution in [1.82, 2.24) is 15.0 Å². The minimum atomic E-state index is 0.0678. The van der Waals surface area contributed by atoms with Crippen molar-refractivity contribution in [2.24, 2.45) is 0 Å². The van der Waals surface area contributed by atoms with Crippen LogP contribution in [0, 0.1) is 6.92 Å². The lowest BCUT2D eigenvalue weighted by Crippen LogP contribution is -2.48. The molecule has 1 aliphatic heterocycles. The third kappa shape index (κ3) is 2.81. The van der Waals surface area contributed by atoms with Crippen LogP contribution in [-0.2, 0) is 0 Å². The summed E-state index contributed by atoms with van der Waals surface area (Å²) in [5.74, 6) is 0.954. The van der Waals surface area contributed by atoms with Gasteiger partial charge in [-0.25, -0.2) is 0 Å². The minimum Gasteiger partial charge on any atom is -0.360 e. The molecule has 0 aliphatic carbocycles. The Bertz CT molecular complexity index is 446. The second-order valence-electron chi connectivity index (χ2n) is 5.39. The number of rotatable bonds is 3. The van der Waals surface area contributed by atoms with E-state index in [-0.39, 0.29) is 11.8 Å². The van der Waals surface area contributed by atoms with Crippen LogP contribution in [0.1, 0.15) is 48.5 Å². The van der Waals surface area contributed by atoms with Gasteiger partial charge in [0.25, 0.3) is 5.91 Å². The van der Waals surface area contributed by atoms with Crippen molar-refractivity contribution in [2.75, 3.05) is 32.7 Å². The third-order valence-electron chi connectivity index (χ3n) is 3.73. The molecule has 1 aromatic heterocycles. The summed E-state index contributed by atoms with van der Waals surface area (Å²) in [5, 5.41) is 3.95. The largest absolute Gasteiger partial charge is 0.360 e. The van der Waals surface area contributed by atoms with Crippen LogP contribution >= 0.6 is 0 Å². The van der Waals surface area contributed by atoms with E-state index in [9.17, 15) is 4.79 Å². The summed E-state index contributed by atoms with van der Waals surface area (Å²) >= 11 is 0. The van der Waals surface area contributed by atoms with Crippen molar-refractivity contribution in [3.05, 3.63) is 17.0 Å². The van der Waals surface area contributed by atoms with E-state index >= 15 is 0 Å². The molecule has 19 heavy (non-hydrogen) atoms. The van der Waals surface area contributed by atoms with Gasteiger partial charge in [0.05, 0.1) is 5.69 Å². The fourth-order valence-corrected chi connectivity index (χ4v) is 2.47. The highest BCUT2D eigenvalue weighted by molar-refractivity contribution is 5.96. The average Bonchev–Trinajstić information content (AvgIpc) is 2.80. The van der Waals surface area contributed by atoms with E-state index in [1.54, 1.807) is 0 Å². The summed E-state index contributed by atoms with van der Waals surface area (Å²) in [5.41, 5.74) is 1.37. The second kappa shape index (κ2) is 5.74. The normalized spacial score (nSPS) is 17.2. The van der Waals surface area contributed by atoms with Gasteiger partial charge in [-0.1, -0.05) is 25.9 Å². The Kier molecular flexibility index (Phi) is 4.24. The van der Waals surface area contributed by atoms with E-state index in [2.05, 4.69) is 17.0 Å². The lowest BCUT2D eigenvalue weighted by atomic mass is 10.0. The molecule has 0 spiro atoms. The van der Waals surface area contributed by atoms with Gasteiger partial charge in [0.1, 0.15) is 5.56 Å². The number of likely N-dealkylation sites (N-methyl/N-ethyl adjacent to an activating group) is 1. The third-order valence-corrected chi connectivity index (χ3v) is 3.73. The monoisotopic (exact) mass is 265 g/mol. The first kappa shape index (κ1) is 14.1. The van der Waals surface area contributed by atoms with Crippen molar-refractivity contribution in [1.29, 1.82) is 0 Å². The van der Waals surface area contributed by atoms with Gasteiger partial charge in [0.15, 0.2) is 5.76 Å². The Hall–Kier alpha value is -1.36. The number of amides is 1. The zero-order chi connectivity index (χ0) is 14.0. The van der Waals surface area contributed by atoms with Crippen LogP contribution in [0.4, 0.5) is 0 Å². The number of piperazine rings is 1. The topological polar surface area (TPSA) is 49.6 Å². The first-order chi connectivity index (χ1) is 9.04. The van der Waals surface area contributed by atoms with E-state index in [4.69, 9.17) is 4.52 Å². The number of aryl methyl sites for hydroxylation is 1. The Balaban J connectivity index is 2.14. The number of nitrogens with zero attached hydrogens (tertiary/aromatic N) is 3. The molecule has 1 aromatic rings. The predicted octanol–water partition coefficient (Wildman–Crippen LogP) is 1.88. The highest BCUT2D eigenvalue weighted by Gasteiger charge is 2.28. The van der Waals surface area contributed by atoms with Crippen molar-refractivity contribution in [2.45, 2.75) is 33.6 Å². The van der Waals surface area contributed by atoms with E-state index in [1.807, 2.05) is 25.7 Å². The van der Waals surface area contributed by atoms with E-state index < -0.39 is 0 Å². The molecule has 106 valence electrons. The first-order valence-electron chi connectivity index (χ1n) is 7.02. The zero-order valence-corrected chi connectivity index (χ0v) is 12.3. The summed E-state index contributed by atoms with van der Waals surface area (Å²) in [7, 11) is 0. The minimum absolute atomic E-state index is 0.0678. The lowest BCUT2D eigenvalue weighted by Gasteiger charge is -2.34. The molecule has 2 rings (SSSR count). The van der Waals surface area contributed by atoms with Crippen LogP contribution in [0.15, 0.2) is 4.52 Å². The quantitative estimate of drug-likeness (QED) is 0.837. The molecular weight excluding hydrogens is 242 g/mol. The molecule has 5 heteroatoms. The molecule has 2 heterocycles. The predicted molar refractivity (Wildman–Crippen MR) is 73.3 cm³/mol. The maximum absolute atomic E-state index is 12.6. The van der Waals surface area contributed by atoms with Gasteiger partial charge in [-0.2, -0.15) is 0 Å². The average molecular weight is 265 g/mol. The molecule has 5 nitrogen and oxygen atoms in total. The van der Waals surface area contributed by atoms with Crippen molar-refractivity contribution < 1.29 is 9.32 Å². The van der Waals surface area contributed by atoms with Gasteiger partial charge < -0.3 is 14.3 Å². The van der Waals surface area contributed by atoms with Crippen molar-refractivity contribution in [3.8, 4) is 0 Å². The molecular formula is C14H23N3O2. The van der Waals surface area contributed by atoms with Gasteiger partial charge in [-0.05, 0) is 13.5 Å². The van der Waals surface area contributed by atoms with Crippen LogP contribution in [0.5, 0.6) is 0 Å². The molecule has 0 radical (unpaired) electrons. The zero-order valence-electron chi connectivity index (χ0n) is 12.3. The van der Waals surface area contributed by atoms with Crippen molar-refractivity contribution >= 4 is 5.91 Å². The maximum atomic E-state index is 12.6. The highest BCUT2D eigenvalue weighted by Crippen LogP contribution is 2.24. The molecule has 1 fully saturated rings. The smallest absolute Gasteiger partial charge is 0.259 e. The SMILES string of the molecule is CCN1CCN(C(=O)c2c(C)noc2C(C)C)CC1. The summed E-state index contributed by atoms with van der Waals surface area (Å²) in [6.45, 7) is 12.5. The number of hydrogen-bond donors (Lipinski definition) is 0. The van der Waals surface area contributed by atoms with Crippen LogP contribution < -0.4 is 0 Å². The maximum Gasteiger partial charge on any atom is 0.259 e. The molecule has 0 bridgehead atoms. The summed E-state index contributed by atoms with van der Waals surface area (Å²) in [6, 6.07) is 0. The molecule has 1 aliphatic rings. The second-order valence-corrected chi connectivity index (χ2v) is 5.39. The number of carbonyl (C=O) groups excluding carboxylic acids is 1. The first-order valence-corrected chi connectivity index (χ1v) is 7.02. The van der Waals surface area contributed by atoms with E-state index in [0.29, 0.717) is 17.0 Å². The summed E-state index contributed by atoms with van der Waals surface area (Å²) in [4.78, 5) is 16.9. The molecule has 0 atom stereocenters. The summed E-state index contributed by atoms with van der Waals surface area (Å²) in [6.07, 6.45) is 0. The number of carbonyl (C=O) groups is 1. The molecule has 1 saturated heterocycles. The van der Waals surface area contributed by atoms with Crippen LogP contribution in [0.25, 0.3) is 0 Å². The van der Waals surface area contributed by atoms with Crippen LogP contribution in [0.3, 0.4) is 0 Å². The van der Waals surface area contributed by atoms with Gasteiger partial charge in [0, 0.05) is 32.1 Å². The van der Waals surface area contributed by atoms with Crippen molar-refractivity contribution in [3.63, 3.8) is 0 Å². The Morgan fingerprint density at radius 3 is 2.47 bits per heavy atom. The van der Waals surface area contributed by atoms with Gasteiger partial charge in [-0.15, -0.1) is 0 Å². The lowest BCUT2D eigenvalue weighted by molar-refractivity contribution is 0.0640. The molecule has 1 amide bonds. The van der Waals surface area contributed by atoms with Crippen LogP contribution in [-0.4, -0.2) is 53.6 Å². The number of aromatic nitrogens is 1. The Labute approximate surface area is 114 Å². The standard InChI is InChI=1S/C14H23N3O2/c1-5-16-6-8-17(9-7-16)14(18)12-11(4)15-19-13(12)10(2)3/h10H,5-9H2,1-4H3. The highest BCUT2D eigenvalue weighted by atomic mass is 16.5. The fourth-order valence-electron chi connectivity index (χ4n) is 2.47. The van der Waals surface area contributed by atoms with E-state index in [0.717, 1.165) is 32.7 Å². The molecule has 0 saturated carbocycles. The fraction of sp³-hybridized carbons (Fsp3) is 0.714. The van der Waals surface area contributed by atoms with Gasteiger partial charge in [0.2, 0.25) is 0 Å². The number of hydrogen-bond acceptors (Lipinski definition) is 4. The Morgan fingerprint density at radius 2 is 1.95 bits per heavy atom. The van der Waals surface area contributed by atoms with Crippen LogP contribution in [0.2, 0.25) is 0 Å². The Morgan fingerprint density at radius 1 is 1.32 bits per heavy atom. The van der Waals surface area contributed by atoms with Gasteiger partial charge >= 0.3 is 0 Å². The molecule has 0 N–H and O–H groups in total. The summed E-state index contributed by atoms with van der Waals surface area (Å²) < 4.78 is 5.30. The molecule has 0 aromatic carbocycles.